The maximum atomic E-state index is 12.9. The fourth-order valence-electron chi connectivity index (χ4n) is 3.74. The first-order valence-electron chi connectivity index (χ1n) is 9.27. The van der Waals surface area contributed by atoms with E-state index in [1.165, 1.54) is 6.07 Å². The summed E-state index contributed by atoms with van der Waals surface area (Å²) >= 11 is 0. The third-order valence-electron chi connectivity index (χ3n) is 5.18. The highest BCUT2D eigenvalue weighted by molar-refractivity contribution is 5.96. The minimum atomic E-state index is -4.54. The van der Waals surface area contributed by atoms with Crippen LogP contribution in [-0.2, 0) is 13.2 Å². The van der Waals surface area contributed by atoms with Gasteiger partial charge in [0.1, 0.15) is 22.5 Å². The maximum absolute atomic E-state index is 12.9. The predicted molar refractivity (Wildman–Crippen MR) is 103 cm³/mol. The number of anilines is 1. The molecule has 0 saturated carbocycles. The third kappa shape index (κ3) is 3.71. The summed E-state index contributed by atoms with van der Waals surface area (Å²) < 4.78 is 40.4. The molecular weight excluding hydrogens is 385 g/mol. The number of rotatable bonds is 3. The number of phenols is 1. The van der Waals surface area contributed by atoms with Crippen LogP contribution in [0.15, 0.2) is 24.5 Å². The summed E-state index contributed by atoms with van der Waals surface area (Å²) in [6.45, 7) is 1.92. The van der Waals surface area contributed by atoms with Gasteiger partial charge in [0.05, 0.1) is 11.9 Å². The molecule has 154 valence electrons. The number of likely N-dealkylation sites (N-methyl/N-ethyl adjacent to an activating group) is 1. The molecule has 2 N–H and O–H groups in total. The number of hydrogen-bond donors (Lipinski definition) is 2. The molecule has 1 aliphatic heterocycles. The van der Waals surface area contributed by atoms with E-state index in [0.717, 1.165) is 32.0 Å². The minimum Gasteiger partial charge on any atom is -0.507 e. The molecule has 1 atom stereocenters. The molecule has 2 aromatic heterocycles. The van der Waals surface area contributed by atoms with E-state index in [2.05, 4.69) is 32.4 Å². The van der Waals surface area contributed by atoms with Gasteiger partial charge in [-0.2, -0.15) is 13.2 Å². The average molecular weight is 406 g/mol. The molecule has 7 nitrogen and oxygen atoms in total. The van der Waals surface area contributed by atoms with Crippen molar-refractivity contribution in [3.63, 3.8) is 0 Å². The Morgan fingerprint density at radius 2 is 2.00 bits per heavy atom. The van der Waals surface area contributed by atoms with Crippen LogP contribution in [0.3, 0.4) is 0 Å². The molecule has 1 fully saturated rings. The Morgan fingerprint density at radius 1 is 1.21 bits per heavy atom. The molecule has 1 saturated heterocycles. The van der Waals surface area contributed by atoms with E-state index in [0.29, 0.717) is 22.9 Å². The summed E-state index contributed by atoms with van der Waals surface area (Å²) in [6, 6.07) is 3.03. The van der Waals surface area contributed by atoms with Gasteiger partial charge in [-0.15, -0.1) is 10.2 Å². The lowest BCUT2D eigenvalue weighted by atomic mass is 10.1. The second-order valence-corrected chi connectivity index (χ2v) is 7.43. The number of hydrogen-bond acceptors (Lipinski definition) is 6. The van der Waals surface area contributed by atoms with Crippen molar-refractivity contribution in [3.05, 3.63) is 30.1 Å². The van der Waals surface area contributed by atoms with Gasteiger partial charge in [0.2, 0.25) is 0 Å². The van der Waals surface area contributed by atoms with Crippen molar-refractivity contribution < 1.29 is 18.3 Å². The van der Waals surface area contributed by atoms with Crippen LogP contribution in [0.1, 0.15) is 18.4 Å². The van der Waals surface area contributed by atoms with Crippen molar-refractivity contribution in [2.24, 2.45) is 7.05 Å². The topological polar surface area (TPSA) is 79.1 Å². The van der Waals surface area contributed by atoms with Gasteiger partial charge in [-0.05, 0) is 44.6 Å². The highest BCUT2D eigenvalue weighted by atomic mass is 19.4. The van der Waals surface area contributed by atoms with Crippen LogP contribution < -0.4 is 5.32 Å². The molecule has 0 unspecified atom stereocenters. The highest BCUT2D eigenvalue weighted by Crippen LogP contribution is 2.38. The summed E-state index contributed by atoms with van der Waals surface area (Å²) in [5.74, 6) is 0.0160. The van der Waals surface area contributed by atoms with Crippen LogP contribution >= 0.6 is 0 Å². The van der Waals surface area contributed by atoms with Crippen LogP contribution in [0, 0.1) is 0 Å². The number of piperidine rings is 1. The first kappa shape index (κ1) is 19.4. The van der Waals surface area contributed by atoms with Crippen LogP contribution in [-0.4, -0.2) is 55.9 Å². The number of aromatic hydroxyl groups is 1. The quantitative estimate of drug-likeness (QED) is 0.695. The summed E-state index contributed by atoms with van der Waals surface area (Å²) in [5.41, 5.74) is 0.667. The Labute approximate surface area is 165 Å². The monoisotopic (exact) mass is 406 g/mol. The zero-order valence-electron chi connectivity index (χ0n) is 16.0. The molecule has 3 aromatic rings. The number of imidazole rings is 1. The van der Waals surface area contributed by atoms with Crippen LogP contribution in [0.5, 0.6) is 5.75 Å². The number of aryl methyl sites for hydroxylation is 1. The van der Waals surface area contributed by atoms with Crippen molar-refractivity contribution in [1.82, 2.24) is 24.6 Å². The fraction of sp³-hybridized carbons (Fsp3) is 0.421. The Bertz CT molecular complexity index is 1050. The second kappa shape index (κ2) is 7.18. The van der Waals surface area contributed by atoms with Crippen molar-refractivity contribution >= 4 is 16.9 Å². The fourth-order valence-corrected chi connectivity index (χ4v) is 3.74. The number of nitrogens with zero attached hydrogens (tertiary/aromatic N) is 5. The molecular formula is C19H21F3N6O. The number of halogens is 3. The number of alkyl halides is 3. The van der Waals surface area contributed by atoms with E-state index in [-0.39, 0.29) is 17.3 Å². The molecule has 0 bridgehead atoms. The standard InChI is InChI=1S/C19H21F3N6O/c1-27-7-3-4-12(9-27)24-18-16-17(28(2)10-23-16)15(25-26-18)13-6-5-11(8-14(13)29)19(20,21)22/h5-6,8,10,12,29H,3-4,7,9H2,1-2H3,(H,24,26)/t12-/m1/s1. The lowest BCUT2D eigenvalue weighted by molar-refractivity contribution is -0.137. The van der Waals surface area contributed by atoms with E-state index in [4.69, 9.17) is 0 Å². The molecule has 0 aliphatic carbocycles. The van der Waals surface area contributed by atoms with Gasteiger partial charge in [0.15, 0.2) is 5.82 Å². The van der Waals surface area contributed by atoms with E-state index < -0.39 is 17.5 Å². The van der Waals surface area contributed by atoms with E-state index in [1.807, 2.05) is 0 Å². The van der Waals surface area contributed by atoms with Gasteiger partial charge in [-0.3, -0.25) is 0 Å². The molecule has 4 rings (SSSR count). The number of nitrogens with one attached hydrogen (secondary N) is 1. The Balaban J connectivity index is 1.75. The minimum absolute atomic E-state index is 0.169. The maximum Gasteiger partial charge on any atom is 0.416 e. The Morgan fingerprint density at radius 3 is 2.69 bits per heavy atom. The smallest absolute Gasteiger partial charge is 0.416 e. The van der Waals surface area contributed by atoms with E-state index >= 15 is 0 Å². The van der Waals surface area contributed by atoms with Crippen LogP contribution in [0.25, 0.3) is 22.3 Å². The van der Waals surface area contributed by atoms with E-state index in [1.54, 1.807) is 17.9 Å². The molecule has 10 heteroatoms. The summed E-state index contributed by atoms with van der Waals surface area (Å²) in [7, 11) is 3.83. The number of benzene rings is 1. The van der Waals surface area contributed by atoms with Crippen molar-refractivity contribution in [2.75, 3.05) is 25.5 Å². The lowest BCUT2D eigenvalue weighted by Gasteiger charge is -2.30. The number of aromatic nitrogens is 4. The highest BCUT2D eigenvalue weighted by Gasteiger charge is 2.31. The molecule has 0 radical (unpaired) electrons. The van der Waals surface area contributed by atoms with Gasteiger partial charge in [0.25, 0.3) is 0 Å². The van der Waals surface area contributed by atoms with Crippen molar-refractivity contribution in [3.8, 4) is 17.0 Å². The van der Waals surface area contributed by atoms with Gasteiger partial charge in [-0.1, -0.05) is 0 Å². The number of fused-ring (bicyclic) bond motifs is 1. The molecule has 0 spiro atoms. The Hall–Kier alpha value is -2.88. The van der Waals surface area contributed by atoms with Crippen molar-refractivity contribution in [1.29, 1.82) is 0 Å². The van der Waals surface area contributed by atoms with Crippen LogP contribution in [0.4, 0.5) is 19.0 Å². The summed E-state index contributed by atoms with van der Waals surface area (Å²) in [4.78, 5) is 6.63. The molecule has 0 amide bonds. The zero-order valence-corrected chi connectivity index (χ0v) is 16.0. The van der Waals surface area contributed by atoms with E-state index in [9.17, 15) is 18.3 Å². The van der Waals surface area contributed by atoms with Gasteiger partial charge >= 0.3 is 6.18 Å². The molecule has 1 aromatic carbocycles. The predicted octanol–water partition coefficient (Wildman–Crippen LogP) is 3.26. The largest absolute Gasteiger partial charge is 0.507 e. The molecule has 3 heterocycles. The summed E-state index contributed by atoms with van der Waals surface area (Å²) in [5, 5.41) is 22.1. The first-order valence-corrected chi connectivity index (χ1v) is 9.27. The molecule has 29 heavy (non-hydrogen) atoms. The van der Waals surface area contributed by atoms with Crippen LogP contribution in [0.2, 0.25) is 0 Å². The van der Waals surface area contributed by atoms with Gasteiger partial charge < -0.3 is 19.9 Å². The third-order valence-corrected chi connectivity index (χ3v) is 5.18. The lowest BCUT2D eigenvalue weighted by Crippen LogP contribution is -2.40. The number of phenolic OH excluding ortho intramolecular Hbond substituents is 1. The normalized spacial score (nSPS) is 18.3. The zero-order chi connectivity index (χ0) is 20.8. The second-order valence-electron chi connectivity index (χ2n) is 7.43. The van der Waals surface area contributed by atoms with Gasteiger partial charge in [0, 0.05) is 25.2 Å². The van der Waals surface area contributed by atoms with Gasteiger partial charge in [-0.25, -0.2) is 4.98 Å². The average Bonchev–Trinajstić information content (AvgIpc) is 3.04. The first-order chi connectivity index (χ1) is 13.7. The summed E-state index contributed by atoms with van der Waals surface area (Å²) in [6.07, 6.45) is -0.867. The number of likely N-dealkylation sites (tertiary alicyclic amines) is 1. The molecule has 1 aliphatic rings. The Kier molecular flexibility index (Phi) is 4.81. The SMILES string of the molecule is CN1CCC[C@@H](Nc2nnc(-c3ccc(C(F)(F)F)cc3O)c3c2ncn3C)C1. The van der Waals surface area contributed by atoms with Crippen molar-refractivity contribution in [2.45, 2.75) is 25.1 Å².